The number of carbonyl (C=O) groups is 1. The zero-order valence-electron chi connectivity index (χ0n) is 9.97. The lowest BCUT2D eigenvalue weighted by atomic mass is 9.98. The van der Waals surface area contributed by atoms with Crippen LogP contribution in [0.25, 0.3) is 0 Å². The van der Waals surface area contributed by atoms with Crippen molar-refractivity contribution < 1.29 is 9.53 Å². The Labute approximate surface area is 115 Å². The monoisotopic (exact) mass is 274 g/mol. The summed E-state index contributed by atoms with van der Waals surface area (Å²) in [5.41, 5.74) is 7.39. The van der Waals surface area contributed by atoms with Crippen LogP contribution in [0.4, 0.5) is 5.69 Å². The van der Waals surface area contributed by atoms with Gasteiger partial charge < -0.3 is 10.5 Å². The number of Topliss-reactive ketones (excluding diaryl/α,β-unsaturated/α-hetero) is 1. The van der Waals surface area contributed by atoms with E-state index >= 15 is 0 Å². The molecule has 0 saturated carbocycles. The smallest absolute Gasteiger partial charge is 0.170 e. The first-order valence-electron chi connectivity index (χ1n) is 5.85. The number of ether oxygens (including phenoxy) is 1. The van der Waals surface area contributed by atoms with Gasteiger partial charge in [-0.1, -0.05) is 17.7 Å². The molecular formula is C14H11ClN2O2. The van der Waals surface area contributed by atoms with Crippen molar-refractivity contribution >= 4 is 23.1 Å². The Kier molecular flexibility index (Phi) is 2.87. The van der Waals surface area contributed by atoms with Crippen LogP contribution < -0.4 is 10.5 Å². The molecule has 1 unspecified atom stereocenters. The van der Waals surface area contributed by atoms with Gasteiger partial charge in [0.2, 0.25) is 0 Å². The number of anilines is 1. The lowest BCUT2D eigenvalue weighted by Gasteiger charge is -2.26. The molecule has 0 amide bonds. The SMILES string of the molecule is Nc1cc(Cl)cc2c1OC(c1ccccn1)CC2=O. The fourth-order valence-corrected chi connectivity index (χ4v) is 2.37. The van der Waals surface area contributed by atoms with E-state index in [-0.39, 0.29) is 12.2 Å². The number of hydrogen-bond donors (Lipinski definition) is 1. The molecular weight excluding hydrogens is 264 g/mol. The summed E-state index contributed by atoms with van der Waals surface area (Å²) in [6.45, 7) is 0. The van der Waals surface area contributed by atoms with Gasteiger partial charge in [0.15, 0.2) is 11.5 Å². The highest BCUT2D eigenvalue weighted by atomic mass is 35.5. The summed E-state index contributed by atoms with van der Waals surface area (Å²) in [5, 5.41) is 0.435. The second-order valence-corrected chi connectivity index (χ2v) is 4.80. The van der Waals surface area contributed by atoms with Crippen molar-refractivity contribution in [1.82, 2.24) is 4.98 Å². The van der Waals surface area contributed by atoms with Gasteiger partial charge in [-0.15, -0.1) is 0 Å². The van der Waals surface area contributed by atoms with Crippen LogP contribution >= 0.6 is 11.6 Å². The lowest BCUT2D eigenvalue weighted by Crippen LogP contribution is -2.22. The van der Waals surface area contributed by atoms with E-state index in [0.717, 1.165) is 5.69 Å². The number of nitrogens with zero attached hydrogens (tertiary/aromatic N) is 1. The zero-order chi connectivity index (χ0) is 13.4. The van der Waals surface area contributed by atoms with E-state index in [2.05, 4.69) is 4.98 Å². The zero-order valence-corrected chi connectivity index (χ0v) is 10.7. The molecule has 1 atom stereocenters. The first kappa shape index (κ1) is 12.0. The molecule has 1 aromatic heterocycles. The fraction of sp³-hybridized carbons (Fsp3) is 0.143. The van der Waals surface area contributed by atoms with Crippen molar-refractivity contribution in [2.24, 2.45) is 0 Å². The number of halogens is 1. The van der Waals surface area contributed by atoms with Crippen molar-refractivity contribution in [2.45, 2.75) is 12.5 Å². The maximum atomic E-state index is 12.2. The first-order valence-corrected chi connectivity index (χ1v) is 6.23. The Bertz CT molecular complexity index is 643. The summed E-state index contributed by atoms with van der Waals surface area (Å²) in [6.07, 6.45) is 1.51. The van der Waals surface area contributed by atoms with Gasteiger partial charge in [-0.05, 0) is 24.3 Å². The standard InChI is InChI=1S/C14H11ClN2O2/c15-8-5-9-12(18)7-13(11-3-1-2-4-17-11)19-14(9)10(16)6-8/h1-6,13H,7,16H2. The van der Waals surface area contributed by atoms with Gasteiger partial charge in [-0.25, -0.2) is 0 Å². The number of nitrogen functional groups attached to an aromatic ring is 1. The van der Waals surface area contributed by atoms with Crippen LogP contribution in [0.1, 0.15) is 28.6 Å². The van der Waals surface area contributed by atoms with Gasteiger partial charge >= 0.3 is 0 Å². The summed E-state index contributed by atoms with van der Waals surface area (Å²) >= 11 is 5.90. The molecule has 1 aliphatic rings. The molecule has 0 saturated heterocycles. The molecule has 2 N–H and O–H groups in total. The molecule has 0 spiro atoms. The van der Waals surface area contributed by atoms with E-state index in [1.807, 2.05) is 18.2 Å². The van der Waals surface area contributed by atoms with Crippen molar-refractivity contribution in [2.75, 3.05) is 5.73 Å². The third-order valence-corrected chi connectivity index (χ3v) is 3.25. The van der Waals surface area contributed by atoms with E-state index in [4.69, 9.17) is 22.1 Å². The van der Waals surface area contributed by atoms with Crippen LogP contribution in [0.2, 0.25) is 5.02 Å². The van der Waals surface area contributed by atoms with Crippen LogP contribution in [0.3, 0.4) is 0 Å². The first-order chi connectivity index (χ1) is 9.15. The Hall–Kier alpha value is -2.07. The number of benzene rings is 1. The maximum Gasteiger partial charge on any atom is 0.170 e. The molecule has 96 valence electrons. The van der Waals surface area contributed by atoms with Gasteiger partial charge in [0.1, 0.15) is 6.10 Å². The largest absolute Gasteiger partial charge is 0.481 e. The van der Waals surface area contributed by atoms with E-state index in [1.165, 1.54) is 0 Å². The molecule has 0 aliphatic carbocycles. The minimum atomic E-state index is -0.398. The van der Waals surface area contributed by atoms with Crippen LogP contribution in [-0.2, 0) is 0 Å². The molecule has 5 heteroatoms. The molecule has 4 nitrogen and oxygen atoms in total. The van der Waals surface area contributed by atoms with Gasteiger partial charge in [-0.2, -0.15) is 0 Å². The van der Waals surface area contributed by atoms with Crippen LogP contribution in [0.5, 0.6) is 5.75 Å². The Morgan fingerprint density at radius 1 is 1.37 bits per heavy atom. The molecule has 1 aliphatic heterocycles. The van der Waals surface area contributed by atoms with Crippen LogP contribution in [0.15, 0.2) is 36.5 Å². The van der Waals surface area contributed by atoms with E-state index < -0.39 is 6.10 Å². The normalized spacial score (nSPS) is 17.7. The van der Waals surface area contributed by atoms with Crippen molar-refractivity contribution in [1.29, 1.82) is 0 Å². The van der Waals surface area contributed by atoms with Gasteiger partial charge in [0, 0.05) is 11.2 Å². The average Bonchev–Trinajstić information content (AvgIpc) is 2.41. The second-order valence-electron chi connectivity index (χ2n) is 4.36. The number of pyridine rings is 1. The fourth-order valence-electron chi connectivity index (χ4n) is 2.15. The molecule has 3 rings (SSSR count). The minimum Gasteiger partial charge on any atom is -0.481 e. The molecule has 2 heterocycles. The number of carbonyl (C=O) groups excluding carboxylic acids is 1. The summed E-state index contributed by atoms with van der Waals surface area (Å²) in [4.78, 5) is 16.4. The Morgan fingerprint density at radius 2 is 2.21 bits per heavy atom. The number of hydrogen-bond acceptors (Lipinski definition) is 4. The van der Waals surface area contributed by atoms with Crippen LogP contribution in [0, 0.1) is 0 Å². The quantitative estimate of drug-likeness (QED) is 0.812. The van der Waals surface area contributed by atoms with Gasteiger partial charge in [0.05, 0.1) is 23.4 Å². The second kappa shape index (κ2) is 4.55. The van der Waals surface area contributed by atoms with E-state index in [1.54, 1.807) is 18.3 Å². The molecule has 0 fully saturated rings. The lowest BCUT2D eigenvalue weighted by molar-refractivity contribution is 0.0846. The van der Waals surface area contributed by atoms with Crippen molar-refractivity contribution in [3.8, 4) is 5.75 Å². The number of fused-ring (bicyclic) bond motifs is 1. The number of nitrogens with two attached hydrogens (primary N) is 1. The third kappa shape index (κ3) is 2.15. The van der Waals surface area contributed by atoms with E-state index in [9.17, 15) is 4.79 Å². The molecule has 2 aromatic rings. The predicted molar refractivity (Wildman–Crippen MR) is 72.4 cm³/mol. The minimum absolute atomic E-state index is 0.0360. The van der Waals surface area contributed by atoms with Gasteiger partial charge in [-0.3, -0.25) is 9.78 Å². The summed E-state index contributed by atoms with van der Waals surface area (Å²) < 4.78 is 5.81. The number of ketones is 1. The average molecular weight is 275 g/mol. The predicted octanol–water partition coefficient (Wildman–Crippen LogP) is 3.02. The molecule has 0 bridgehead atoms. The summed E-state index contributed by atoms with van der Waals surface area (Å²) in [7, 11) is 0. The molecule has 19 heavy (non-hydrogen) atoms. The Balaban J connectivity index is 2.03. The summed E-state index contributed by atoms with van der Waals surface area (Å²) in [6, 6.07) is 8.67. The highest BCUT2D eigenvalue weighted by Crippen LogP contribution is 2.39. The van der Waals surface area contributed by atoms with Crippen LogP contribution in [-0.4, -0.2) is 10.8 Å². The molecule has 0 radical (unpaired) electrons. The number of rotatable bonds is 1. The Morgan fingerprint density at radius 3 is 2.95 bits per heavy atom. The van der Waals surface area contributed by atoms with Crippen molar-refractivity contribution in [3.05, 3.63) is 52.8 Å². The molecule has 1 aromatic carbocycles. The maximum absolute atomic E-state index is 12.2. The third-order valence-electron chi connectivity index (χ3n) is 3.03. The topological polar surface area (TPSA) is 65.2 Å². The highest BCUT2D eigenvalue weighted by molar-refractivity contribution is 6.31. The van der Waals surface area contributed by atoms with E-state index in [0.29, 0.717) is 22.0 Å². The van der Waals surface area contributed by atoms with Gasteiger partial charge in [0.25, 0.3) is 0 Å². The number of aromatic nitrogens is 1. The highest BCUT2D eigenvalue weighted by Gasteiger charge is 2.30. The summed E-state index contributed by atoms with van der Waals surface area (Å²) in [5.74, 6) is 0.363. The van der Waals surface area contributed by atoms with Crippen molar-refractivity contribution in [3.63, 3.8) is 0 Å².